The van der Waals surface area contributed by atoms with Gasteiger partial charge in [0.05, 0.1) is 17.3 Å². The second kappa shape index (κ2) is 10.5. The van der Waals surface area contributed by atoms with Crippen molar-refractivity contribution in [3.05, 3.63) is 35.5 Å². The van der Waals surface area contributed by atoms with Crippen LogP contribution < -0.4 is 15.5 Å². The zero-order valence-electron chi connectivity index (χ0n) is 21.5. The van der Waals surface area contributed by atoms with E-state index < -0.39 is 46.9 Å². The van der Waals surface area contributed by atoms with Gasteiger partial charge in [0.1, 0.15) is 17.0 Å². The molecule has 3 N–H and O–H groups in total. The number of anilines is 3. The topological polar surface area (TPSA) is 90.4 Å². The van der Waals surface area contributed by atoms with E-state index in [4.69, 9.17) is 0 Å². The van der Waals surface area contributed by atoms with E-state index in [1.165, 1.54) is 0 Å². The predicted octanol–water partition coefficient (Wildman–Crippen LogP) is 4.78. The number of β-amino-alcohol motifs (C(OH)–C–C–N with tert-alkyl or cyclic N) is 1. The maximum Gasteiger partial charge on any atom is 0.421 e. The van der Waals surface area contributed by atoms with Gasteiger partial charge >= 0.3 is 6.18 Å². The summed E-state index contributed by atoms with van der Waals surface area (Å²) in [6.45, 7) is 3.14. The number of hydrogen-bond donors (Lipinski definition) is 3. The van der Waals surface area contributed by atoms with Crippen molar-refractivity contribution in [2.45, 2.75) is 73.8 Å². The smallest absolute Gasteiger partial charge is 0.382 e. The highest BCUT2D eigenvalue weighted by atomic mass is 32.2. The summed E-state index contributed by atoms with van der Waals surface area (Å²) >= 11 is 0. The highest BCUT2D eigenvalue weighted by Crippen LogP contribution is 2.51. The minimum Gasteiger partial charge on any atom is -0.382 e. The van der Waals surface area contributed by atoms with E-state index >= 15 is 0 Å². The van der Waals surface area contributed by atoms with Crippen molar-refractivity contribution >= 4 is 28.3 Å². The Morgan fingerprint density at radius 3 is 2.56 bits per heavy atom. The summed E-state index contributed by atoms with van der Waals surface area (Å²) in [6, 6.07) is 5.22. The Kier molecular flexibility index (Phi) is 7.62. The van der Waals surface area contributed by atoms with Crippen molar-refractivity contribution in [2.75, 3.05) is 36.4 Å². The molecule has 0 radical (unpaired) electrons. The first-order valence-corrected chi connectivity index (χ1v) is 14.3. The third-order valence-corrected chi connectivity index (χ3v) is 9.90. The number of hydrogen-bond acceptors (Lipinski definition) is 7. The first-order valence-electron chi connectivity index (χ1n) is 13.1. The molecule has 1 aromatic carbocycles. The molecule has 0 bridgehead atoms. The molecular formula is C26H32F5N5O2S. The first-order chi connectivity index (χ1) is 18.4. The Hall–Kier alpha value is -2.38. The van der Waals surface area contributed by atoms with E-state index in [1.807, 2.05) is 0 Å². The second-order valence-corrected chi connectivity index (χ2v) is 12.8. The van der Waals surface area contributed by atoms with Crippen LogP contribution in [0.1, 0.15) is 49.7 Å². The van der Waals surface area contributed by atoms with Crippen LogP contribution in [0.5, 0.6) is 0 Å². The van der Waals surface area contributed by atoms with Gasteiger partial charge in [-0.1, -0.05) is 0 Å². The number of nitrogens with zero attached hydrogens (tertiary/aromatic N) is 3. The quantitative estimate of drug-likeness (QED) is 0.429. The van der Waals surface area contributed by atoms with E-state index in [1.54, 1.807) is 25.1 Å². The van der Waals surface area contributed by atoms with Crippen molar-refractivity contribution in [1.29, 1.82) is 0 Å². The summed E-state index contributed by atoms with van der Waals surface area (Å²) in [5.74, 6) is -0.709. The predicted molar refractivity (Wildman–Crippen MR) is 138 cm³/mol. The number of halogens is 5. The maximum atomic E-state index is 13.7. The molecule has 1 aliphatic carbocycles. The highest BCUT2D eigenvalue weighted by molar-refractivity contribution is 7.85. The fourth-order valence-electron chi connectivity index (χ4n) is 5.93. The van der Waals surface area contributed by atoms with Crippen LogP contribution >= 0.6 is 0 Å². The molecule has 214 valence electrons. The van der Waals surface area contributed by atoms with Crippen molar-refractivity contribution in [2.24, 2.45) is 5.41 Å². The molecule has 5 rings (SSSR count). The number of alkyl halides is 5. The minimum absolute atomic E-state index is 0.0348. The molecule has 2 aliphatic heterocycles. The maximum absolute atomic E-state index is 13.7. The molecule has 7 nitrogen and oxygen atoms in total. The number of aromatic nitrogens is 2. The molecule has 3 heterocycles. The Morgan fingerprint density at radius 2 is 1.92 bits per heavy atom. The number of aliphatic hydroxyl groups is 1. The molecule has 2 atom stereocenters. The normalized spacial score (nSPS) is 24.6. The van der Waals surface area contributed by atoms with Gasteiger partial charge in [0.15, 0.2) is 0 Å². The van der Waals surface area contributed by atoms with Gasteiger partial charge in [0.2, 0.25) is 5.95 Å². The lowest BCUT2D eigenvalue weighted by molar-refractivity contribution is -0.138. The molecule has 1 spiro atoms. The zero-order valence-corrected chi connectivity index (χ0v) is 22.3. The molecule has 2 aromatic rings. The van der Waals surface area contributed by atoms with Gasteiger partial charge < -0.3 is 20.6 Å². The lowest BCUT2D eigenvalue weighted by Crippen LogP contribution is -2.53. The number of aryl methyl sites for hydroxylation is 1. The van der Waals surface area contributed by atoms with Gasteiger partial charge in [-0.25, -0.2) is 13.8 Å². The zero-order chi connectivity index (χ0) is 28.0. The molecule has 2 unspecified atom stereocenters. The fraction of sp³-hybridized carbons (Fsp3) is 0.615. The second-order valence-electron chi connectivity index (χ2n) is 11.0. The third kappa shape index (κ3) is 5.76. The van der Waals surface area contributed by atoms with E-state index in [0.29, 0.717) is 27.8 Å². The highest BCUT2D eigenvalue weighted by Gasteiger charge is 2.47. The molecule has 2 saturated heterocycles. The van der Waals surface area contributed by atoms with Gasteiger partial charge in [0, 0.05) is 28.6 Å². The average molecular weight is 574 g/mol. The SMILES string of the molecule is Cc1cc(S(=O)C2CC3(CCNCC3)C2)ccc1Nc1ncc(C(F)(F)F)c(N2CCCC(O)(C(F)F)C2)n1. The first kappa shape index (κ1) is 28.2. The van der Waals surface area contributed by atoms with Crippen LogP contribution in [-0.4, -0.2) is 62.7 Å². The van der Waals surface area contributed by atoms with Crippen LogP contribution in [0.25, 0.3) is 0 Å². The largest absolute Gasteiger partial charge is 0.421 e. The van der Waals surface area contributed by atoms with Crippen LogP contribution in [0.15, 0.2) is 29.3 Å². The van der Waals surface area contributed by atoms with Crippen LogP contribution in [0.3, 0.4) is 0 Å². The van der Waals surface area contributed by atoms with Crippen molar-refractivity contribution in [3.8, 4) is 0 Å². The molecule has 1 saturated carbocycles. The van der Waals surface area contributed by atoms with E-state index in [0.717, 1.165) is 43.7 Å². The molecule has 13 heteroatoms. The lowest BCUT2D eigenvalue weighted by atomic mass is 9.63. The Labute approximate surface area is 226 Å². The number of benzene rings is 1. The molecule has 0 amide bonds. The fourth-order valence-corrected chi connectivity index (χ4v) is 7.82. The van der Waals surface area contributed by atoms with Gasteiger partial charge in [-0.05, 0) is 87.7 Å². The third-order valence-electron chi connectivity index (χ3n) is 8.25. The summed E-state index contributed by atoms with van der Waals surface area (Å²) in [5.41, 5.74) is -2.05. The molecule has 39 heavy (non-hydrogen) atoms. The summed E-state index contributed by atoms with van der Waals surface area (Å²) in [5, 5.41) is 16.6. The van der Waals surface area contributed by atoms with Crippen LogP contribution in [0.4, 0.5) is 39.4 Å². The summed E-state index contributed by atoms with van der Waals surface area (Å²) < 4.78 is 81.3. The lowest BCUT2D eigenvalue weighted by Gasteiger charge is -2.49. The average Bonchev–Trinajstić information content (AvgIpc) is 2.88. The van der Waals surface area contributed by atoms with E-state index in [9.17, 15) is 31.3 Å². The number of rotatable bonds is 6. The summed E-state index contributed by atoms with van der Waals surface area (Å²) in [4.78, 5) is 9.60. The van der Waals surface area contributed by atoms with Gasteiger partial charge in [-0.3, -0.25) is 4.21 Å². The van der Waals surface area contributed by atoms with Crippen LogP contribution in [0, 0.1) is 12.3 Å². The van der Waals surface area contributed by atoms with Gasteiger partial charge in [-0.15, -0.1) is 0 Å². The molecule has 3 fully saturated rings. The van der Waals surface area contributed by atoms with Crippen LogP contribution in [0.2, 0.25) is 0 Å². The Balaban J connectivity index is 1.33. The van der Waals surface area contributed by atoms with Crippen LogP contribution in [-0.2, 0) is 17.0 Å². The van der Waals surface area contributed by atoms with E-state index in [-0.39, 0.29) is 30.6 Å². The Morgan fingerprint density at radius 1 is 1.21 bits per heavy atom. The van der Waals surface area contributed by atoms with Crippen molar-refractivity contribution in [1.82, 2.24) is 15.3 Å². The van der Waals surface area contributed by atoms with Crippen molar-refractivity contribution < 1.29 is 31.3 Å². The molecular weight excluding hydrogens is 541 g/mol. The van der Waals surface area contributed by atoms with Crippen molar-refractivity contribution in [3.63, 3.8) is 0 Å². The summed E-state index contributed by atoms with van der Waals surface area (Å²) in [7, 11) is -1.16. The number of nitrogens with one attached hydrogen (secondary N) is 2. The molecule has 1 aromatic heterocycles. The number of piperidine rings is 2. The molecule has 3 aliphatic rings. The summed E-state index contributed by atoms with van der Waals surface area (Å²) in [6.07, 6.45) is -3.33. The van der Waals surface area contributed by atoms with Gasteiger partial charge in [-0.2, -0.15) is 18.2 Å². The standard InChI is InChI=1S/C26H32F5N5O2S/c1-16-11-17(39(38)18-12-24(13-18)6-8-32-9-7-24)3-4-20(16)34-23-33-14-19(26(29,30)31)21(35-23)36-10-2-5-25(37,15-36)22(27)28/h3-4,11,14,18,22,32,37H,2,5-10,12-13,15H2,1H3,(H,33,34,35). The van der Waals surface area contributed by atoms with Gasteiger partial charge in [0.25, 0.3) is 6.43 Å². The monoisotopic (exact) mass is 573 g/mol. The Bertz CT molecular complexity index is 1230. The minimum atomic E-state index is -4.82. The van der Waals surface area contributed by atoms with E-state index in [2.05, 4.69) is 20.6 Å².